The van der Waals surface area contributed by atoms with Crippen LogP contribution in [0.15, 0.2) is 66.0 Å². The van der Waals surface area contributed by atoms with Crippen molar-refractivity contribution < 1.29 is 28.7 Å². The molecular formula is C42H57N5O6S. The number of benzene rings is 2. The molecule has 292 valence electrons. The Balaban J connectivity index is 1.53. The number of nitrogens with zero attached hydrogens (tertiary/aromatic N) is 1. The van der Waals surface area contributed by atoms with Crippen molar-refractivity contribution in [1.82, 2.24) is 26.3 Å². The van der Waals surface area contributed by atoms with Gasteiger partial charge in [0.15, 0.2) is 5.78 Å². The maximum Gasteiger partial charge on any atom is 0.243 e. The third kappa shape index (κ3) is 13.2. The summed E-state index contributed by atoms with van der Waals surface area (Å²) in [5.41, 5.74) is 1.53. The van der Waals surface area contributed by atoms with Crippen molar-refractivity contribution in [3.8, 4) is 0 Å². The van der Waals surface area contributed by atoms with E-state index in [-0.39, 0.29) is 48.7 Å². The molecule has 3 aromatic rings. The summed E-state index contributed by atoms with van der Waals surface area (Å²) in [6.07, 6.45) is 1.72. The molecule has 1 aliphatic heterocycles. The molecule has 5 unspecified atom stereocenters. The number of ketones is 1. The molecule has 0 radical (unpaired) electrons. The molecule has 4 N–H and O–H groups in total. The first kappa shape index (κ1) is 42.3. The van der Waals surface area contributed by atoms with Gasteiger partial charge in [0.2, 0.25) is 23.6 Å². The van der Waals surface area contributed by atoms with Gasteiger partial charge in [-0.3, -0.25) is 24.0 Å². The Morgan fingerprint density at radius 2 is 1.24 bits per heavy atom. The molecule has 0 aliphatic carbocycles. The Bertz CT molecular complexity index is 1710. The van der Waals surface area contributed by atoms with Crippen LogP contribution in [0, 0.1) is 11.8 Å². The molecule has 1 fully saturated rings. The summed E-state index contributed by atoms with van der Waals surface area (Å²) in [5.74, 6) is -1.71. The van der Waals surface area contributed by atoms with Gasteiger partial charge in [-0.2, -0.15) is 0 Å². The van der Waals surface area contributed by atoms with Crippen molar-refractivity contribution in [3.63, 3.8) is 0 Å². The highest BCUT2D eigenvalue weighted by molar-refractivity contribution is 7.09. The summed E-state index contributed by atoms with van der Waals surface area (Å²) >= 11 is 1.50. The number of Topliss-reactive ketones (excluding diaryl/α,β-unsaturated/α-hetero) is 1. The first-order valence-corrected chi connectivity index (χ1v) is 19.9. The number of epoxide rings is 1. The standard InChI is InChI=1S/C42H57N5O6S/c1-26(2)20-33(37(49)42(7)25-53-42)45-40(52)35(22-30-16-12-9-13-17-30)47-39(51)34(21-27(3)4)46-38(50)32(19-18-29-14-10-8-11-15-29)44-36(48)23-31-24-54-41(43-31)28(5)6/h8-17,24,26-28,32-35H,18-23,25H2,1-7H3,(H,44,48)(H,45,52)(H,46,50)(H,47,51). The second kappa shape index (κ2) is 19.8. The fraction of sp³-hybridized carbons (Fsp3) is 0.524. The molecule has 1 aliphatic rings. The minimum Gasteiger partial charge on any atom is -0.361 e. The fourth-order valence-electron chi connectivity index (χ4n) is 6.20. The predicted molar refractivity (Wildman–Crippen MR) is 211 cm³/mol. The van der Waals surface area contributed by atoms with Crippen LogP contribution >= 0.6 is 11.3 Å². The minimum absolute atomic E-state index is 0.00644. The van der Waals surface area contributed by atoms with Crippen LogP contribution in [0.1, 0.15) is 95.5 Å². The zero-order valence-corrected chi connectivity index (χ0v) is 33.5. The molecule has 0 saturated carbocycles. The minimum atomic E-state index is -1.04. The van der Waals surface area contributed by atoms with Crippen LogP contribution in [-0.4, -0.2) is 70.8 Å². The molecule has 4 amide bonds. The zero-order chi connectivity index (χ0) is 39.4. The molecule has 2 aromatic carbocycles. The Morgan fingerprint density at radius 1 is 0.722 bits per heavy atom. The Labute approximate surface area is 323 Å². The van der Waals surface area contributed by atoms with E-state index in [0.717, 1.165) is 16.1 Å². The maximum atomic E-state index is 14.1. The zero-order valence-electron chi connectivity index (χ0n) is 32.6. The lowest BCUT2D eigenvalue weighted by atomic mass is 9.93. The van der Waals surface area contributed by atoms with Crippen molar-refractivity contribution in [1.29, 1.82) is 0 Å². The van der Waals surface area contributed by atoms with Crippen LogP contribution < -0.4 is 21.3 Å². The summed E-state index contributed by atoms with van der Waals surface area (Å²) in [7, 11) is 0. The van der Waals surface area contributed by atoms with Gasteiger partial charge in [0.05, 0.1) is 29.8 Å². The summed E-state index contributed by atoms with van der Waals surface area (Å²) in [6, 6.07) is 15.2. The molecule has 11 nitrogen and oxygen atoms in total. The number of hydrogen-bond acceptors (Lipinski definition) is 8. The van der Waals surface area contributed by atoms with E-state index in [4.69, 9.17) is 4.74 Å². The number of carbonyl (C=O) groups is 5. The number of ether oxygens (including phenoxy) is 1. The maximum absolute atomic E-state index is 14.1. The lowest BCUT2D eigenvalue weighted by Gasteiger charge is -2.28. The molecule has 2 heterocycles. The molecule has 54 heavy (non-hydrogen) atoms. The molecule has 12 heteroatoms. The van der Waals surface area contributed by atoms with Gasteiger partial charge in [-0.25, -0.2) is 4.98 Å². The number of amides is 4. The van der Waals surface area contributed by atoms with Gasteiger partial charge in [-0.1, -0.05) is 102 Å². The van der Waals surface area contributed by atoms with Crippen LogP contribution in [0.25, 0.3) is 0 Å². The first-order valence-electron chi connectivity index (χ1n) is 19.0. The second-order valence-electron chi connectivity index (χ2n) is 15.7. The lowest BCUT2D eigenvalue weighted by Crippen LogP contribution is -2.59. The van der Waals surface area contributed by atoms with E-state index in [0.29, 0.717) is 31.6 Å². The van der Waals surface area contributed by atoms with E-state index >= 15 is 0 Å². The summed E-state index contributed by atoms with van der Waals surface area (Å²) in [5, 5.41) is 14.4. The van der Waals surface area contributed by atoms with Crippen LogP contribution in [0.3, 0.4) is 0 Å². The fourth-order valence-corrected chi connectivity index (χ4v) is 7.04. The lowest BCUT2D eigenvalue weighted by molar-refractivity contribution is -0.135. The van der Waals surface area contributed by atoms with Gasteiger partial charge in [0.1, 0.15) is 23.7 Å². The Kier molecular flexibility index (Phi) is 15.5. The SMILES string of the molecule is CC(C)CC(NC(=O)C(CCc1ccccc1)NC(=O)Cc1csc(C(C)C)n1)C(=O)NC(Cc1ccccc1)C(=O)NC(CC(C)C)C(=O)C1(C)CO1. The molecule has 1 saturated heterocycles. The van der Waals surface area contributed by atoms with Crippen LogP contribution in [0.2, 0.25) is 0 Å². The second-order valence-corrected chi connectivity index (χ2v) is 16.6. The van der Waals surface area contributed by atoms with Crippen molar-refractivity contribution in [3.05, 3.63) is 87.9 Å². The molecule has 4 rings (SSSR count). The third-order valence-corrected chi connectivity index (χ3v) is 10.5. The smallest absolute Gasteiger partial charge is 0.243 e. The van der Waals surface area contributed by atoms with Crippen molar-refractivity contribution >= 4 is 40.7 Å². The van der Waals surface area contributed by atoms with Crippen LogP contribution in [0.5, 0.6) is 0 Å². The third-order valence-electron chi connectivity index (χ3n) is 9.32. The summed E-state index contributed by atoms with van der Waals surface area (Å²) in [6.45, 7) is 13.9. The first-order chi connectivity index (χ1) is 25.6. The highest BCUT2D eigenvalue weighted by atomic mass is 32.1. The molecular weight excluding hydrogens is 703 g/mol. The monoisotopic (exact) mass is 759 g/mol. The topological polar surface area (TPSA) is 159 Å². The van der Waals surface area contributed by atoms with Crippen molar-refractivity contribution in [2.75, 3.05) is 6.61 Å². The Hall–Kier alpha value is -4.42. The molecule has 0 spiro atoms. The molecule has 0 bridgehead atoms. The predicted octanol–water partition coefficient (Wildman–Crippen LogP) is 5.07. The number of carbonyl (C=O) groups excluding carboxylic acids is 5. The molecule has 1 aromatic heterocycles. The number of aryl methyl sites for hydroxylation is 1. The van der Waals surface area contributed by atoms with Crippen molar-refractivity contribution in [2.45, 2.75) is 123 Å². The van der Waals surface area contributed by atoms with E-state index in [1.807, 2.05) is 108 Å². The largest absolute Gasteiger partial charge is 0.361 e. The summed E-state index contributed by atoms with van der Waals surface area (Å²) < 4.78 is 5.41. The highest BCUT2D eigenvalue weighted by Crippen LogP contribution is 2.30. The molecule has 5 atom stereocenters. The number of thiazole rings is 1. The average molecular weight is 760 g/mol. The van der Waals surface area contributed by atoms with Crippen LogP contribution in [-0.2, 0) is 48.0 Å². The van der Waals surface area contributed by atoms with Gasteiger partial charge in [0.25, 0.3) is 0 Å². The number of rotatable bonds is 21. The van der Waals surface area contributed by atoms with E-state index in [1.165, 1.54) is 11.3 Å². The normalized spacial score (nSPS) is 17.4. The van der Waals surface area contributed by atoms with Crippen molar-refractivity contribution in [2.24, 2.45) is 11.8 Å². The number of nitrogens with one attached hydrogen (secondary N) is 4. The van der Waals surface area contributed by atoms with E-state index in [1.54, 1.807) is 6.92 Å². The number of hydrogen-bond donors (Lipinski definition) is 4. The quantitative estimate of drug-likeness (QED) is 0.110. The Morgan fingerprint density at radius 3 is 1.80 bits per heavy atom. The average Bonchev–Trinajstić information content (AvgIpc) is 3.70. The van der Waals surface area contributed by atoms with Gasteiger partial charge in [-0.15, -0.1) is 11.3 Å². The summed E-state index contributed by atoms with van der Waals surface area (Å²) in [4.78, 5) is 73.4. The highest BCUT2D eigenvalue weighted by Gasteiger charge is 2.50. The van der Waals surface area contributed by atoms with Gasteiger partial charge < -0.3 is 26.0 Å². The van der Waals surface area contributed by atoms with Gasteiger partial charge in [0, 0.05) is 17.7 Å². The van der Waals surface area contributed by atoms with E-state index < -0.39 is 47.5 Å². The van der Waals surface area contributed by atoms with Gasteiger partial charge >= 0.3 is 0 Å². The van der Waals surface area contributed by atoms with Gasteiger partial charge in [-0.05, 0) is 55.6 Å². The van der Waals surface area contributed by atoms with E-state index in [2.05, 4.69) is 26.3 Å². The van der Waals surface area contributed by atoms with Crippen LogP contribution in [0.4, 0.5) is 0 Å². The van der Waals surface area contributed by atoms with E-state index in [9.17, 15) is 24.0 Å². The number of aromatic nitrogens is 1.